The number of hydrogen-bond acceptors (Lipinski definition) is 6. The van der Waals surface area contributed by atoms with Crippen LogP contribution >= 0.6 is 0 Å². The predicted molar refractivity (Wildman–Crippen MR) is 102 cm³/mol. The number of aromatic nitrogens is 1. The van der Waals surface area contributed by atoms with Crippen LogP contribution in [0.25, 0.3) is 21.9 Å². The van der Waals surface area contributed by atoms with Gasteiger partial charge in [0.2, 0.25) is 5.88 Å². The molecule has 0 amide bonds. The molecule has 1 saturated carbocycles. The topological polar surface area (TPSA) is 72.6 Å². The van der Waals surface area contributed by atoms with Gasteiger partial charge in [-0.3, -0.25) is 9.59 Å². The lowest BCUT2D eigenvalue weighted by Gasteiger charge is -2.19. The standard InChI is InChI=1S/C21H22N2O4/c1-23(2)9-10-26-20-8-5-15-17(22-20)6-7-19-21(15)16(12-27-19)14-4-3-13(24)11-18(14)25/h5-8,12,14H,3-4,9-11H2,1-2H3/t14-/m1/s1. The molecular weight excluding hydrogens is 344 g/mol. The number of hydrogen-bond donors (Lipinski definition) is 0. The molecule has 1 atom stereocenters. The molecule has 3 aromatic rings. The lowest BCUT2D eigenvalue weighted by atomic mass is 9.82. The number of rotatable bonds is 5. The molecule has 1 aliphatic rings. The van der Waals surface area contributed by atoms with Crippen LogP contribution in [-0.4, -0.2) is 48.7 Å². The molecule has 0 N–H and O–H groups in total. The second-order valence-electron chi connectivity index (χ2n) is 7.27. The summed E-state index contributed by atoms with van der Waals surface area (Å²) in [7, 11) is 3.99. The zero-order chi connectivity index (χ0) is 19.0. The molecule has 0 saturated heterocycles. The van der Waals surface area contributed by atoms with E-state index in [1.54, 1.807) is 6.26 Å². The van der Waals surface area contributed by atoms with E-state index >= 15 is 0 Å². The lowest BCUT2D eigenvalue weighted by Crippen LogP contribution is -2.23. The fourth-order valence-corrected chi connectivity index (χ4v) is 3.62. The molecule has 0 radical (unpaired) electrons. The molecule has 27 heavy (non-hydrogen) atoms. The summed E-state index contributed by atoms with van der Waals surface area (Å²) in [6.45, 7) is 1.38. The van der Waals surface area contributed by atoms with Crippen molar-refractivity contribution in [1.29, 1.82) is 0 Å². The molecule has 0 spiro atoms. The summed E-state index contributed by atoms with van der Waals surface area (Å²) >= 11 is 0. The number of carbonyl (C=O) groups excluding carboxylic acids is 2. The summed E-state index contributed by atoms with van der Waals surface area (Å²) in [4.78, 5) is 30.6. The van der Waals surface area contributed by atoms with Crippen molar-refractivity contribution in [2.24, 2.45) is 0 Å². The van der Waals surface area contributed by atoms with E-state index in [0.29, 0.717) is 25.3 Å². The third-order valence-electron chi connectivity index (χ3n) is 5.04. The van der Waals surface area contributed by atoms with Crippen LogP contribution in [-0.2, 0) is 9.59 Å². The van der Waals surface area contributed by atoms with Gasteiger partial charge in [0.25, 0.3) is 0 Å². The Labute approximate surface area is 157 Å². The van der Waals surface area contributed by atoms with Crippen LogP contribution in [0.15, 0.2) is 34.9 Å². The number of ether oxygens (including phenoxy) is 1. The van der Waals surface area contributed by atoms with Gasteiger partial charge in [0.15, 0.2) is 0 Å². The summed E-state index contributed by atoms with van der Waals surface area (Å²) in [5.41, 5.74) is 2.38. The Morgan fingerprint density at radius 1 is 1.22 bits per heavy atom. The third kappa shape index (κ3) is 3.45. The number of pyridine rings is 1. The van der Waals surface area contributed by atoms with Crippen molar-refractivity contribution < 1.29 is 18.7 Å². The van der Waals surface area contributed by atoms with Gasteiger partial charge in [-0.05, 0) is 38.7 Å². The van der Waals surface area contributed by atoms with Crippen LogP contribution in [0.4, 0.5) is 0 Å². The van der Waals surface area contributed by atoms with Gasteiger partial charge in [0.1, 0.15) is 23.8 Å². The number of furan rings is 1. The molecule has 1 fully saturated rings. The third-order valence-corrected chi connectivity index (χ3v) is 5.04. The summed E-state index contributed by atoms with van der Waals surface area (Å²) < 4.78 is 11.4. The minimum Gasteiger partial charge on any atom is -0.476 e. The van der Waals surface area contributed by atoms with E-state index in [9.17, 15) is 9.59 Å². The molecule has 6 nitrogen and oxygen atoms in total. The molecule has 0 aliphatic heterocycles. The van der Waals surface area contributed by atoms with E-state index in [0.717, 1.165) is 34.0 Å². The Hall–Kier alpha value is -2.73. The van der Waals surface area contributed by atoms with E-state index in [4.69, 9.17) is 9.15 Å². The molecule has 1 aliphatic carbocycles. The first kappa shape index (κ1) is 17.7. The Balaban J connectivity index is 1.71. The molecule has 140 valence electrons. The first-order valence-electron chi connectivity index (χ1n) is 9.16. The second-order valence-corrected chi connectivity index (χ2v) is 7.27. The highest BCUT2D eigenvalue weighted by Crippen LogP contribution is 2.38. The van der Waals surface area contributed by atoms with Crippen molar-refractivity contribution in [2.75, 3.05) is 27.2 Å². The van der Waals surface area contributed by atoms with Crippen LogP contribution in [0.5, 0.6) is 5.88 Å². The van der Waals surface area contributed by atoms with Crippen molar-refractivity contribution in [3.8, 4) is 5.88 Å². The normalized spacial score (nSPS) is 18.0. The van der Waals surface area contributed by atoms with Gasteiger partial charge < -0.3 is 14.1 Å². The maximum absolute atomic E-state index is 12.4. The molecule has 1 aromatic carbocycles. The van der Waals surface area contributed by atoms with Crippen molar-refractivity contribution in [3.05, 3.63) is 36.1 Å². The highest BCUT2D eigenvalue weighted by molar-refractivity contribution is 6.10. The van der Waals surface area contributed by atoms with E-state index < -0.39 is 0 Å². The molecule has 4 rings (SSSR count). The van der Waals surface area contributed by atoms with Crippen molar-refractivity contribution in [1.82, 2.24) is 9.88 Å². The summed E-state index contributed by atoms with van der Waals surface area (Å²) in [5, 5.41) is 1.84. The van der Waals surface area contributed by atoms with E-state index in [1.165, 1.54) is 0 Å². The SMILES string of the molecule is CN(C)CCOc1ccc2c(ccc3occ([C@H]4CCC(=O)CC4=O)c32)n1. The summed E-state index contributed by atoms with van der Waals surface area (Å²) in [6, 6.07) is 7.58. The fraction of sp³-hybridized carbons (Fsp3) is 0.381. The lowest BCUT2D eigenvalue weighted by molar-refractivity contribution is -0.130. The van der Waals surface area contributed by atoms with Gasteiger partial charge in [0.05, 0.1) is 18.2 Å². The molecule has 0 unspecified atom stereocenters. The number of fused-ring (bicyclic) bond motifs is 3. The van der Waals surface area contributed by atoms with Crippen LogP contribution in [0, 0.1) is 0 Å². The minimum atomic E-state index is -0.287. The Bertz CT molecular complexity index is 1020. The van der Waals surface area contributed by atoms with Gasteiger partial charge in [-0.2, -0.15) is 0 Å². The zero-order valence-electron chi connectivity index (χ0n) is 15.5. The predicted octanol–water partition coefficient (Wildman–Crippen LogP) is 3.33. The number of Topliss-reactive ketones (excluding diaryl/α,β-unsaturated/α-hetero) is 2. The van der Waals surface area contributed by atoms with E-state index in [1.807, 2.05) is 43.3 Å². The van der Waals surface area contributed by atoms with Crippen LogP contribution < -0.4 is 4.74 Å². The average Bonchev–Trinajstić information content (AvgIpc) is 3.05. The number of ketones is 2. The van der Waals surface area contributed by atoms with Crippen molar-refractivity contribution in [2.45, 2.75) is 25.2 Å². The second kappa shape index (κ2) is 7.12. The molecule has 2 heterocycles. The number of carbonyl (C=O) groups is 2. The van der Waals surface area contributed by atoms with Gasteiger partial charge >= 0.3 is 0 Å². The monoisotopic (exact) mass is 366 g/mol. The highest BCUT2D eigenvalue weighted by Gasteiger charge is 2.31. The summed E-state index contributed by atoms with van der Waals surface area (Å²) in [6.07, 6.45) is 2.66. The molecule has 0 bridgehead atoms. The maximum atomic E-state index is 12.4. The van der Waals surface area contributed by atoms with E-state index in [-0.39, 0.29) is 23.9 Å². The molecule has 6 heteroatoms. The van der Waals surface area contributed by atoms with Gasteiger partial charge in [-0.15, -0.1) is 0 Å². The van der Waals surface area contributed by atoms with Gasteiger partial charge in [-0.25, -0.2) is 4.98 Å². The molecule has 2 aromatic heterocycles. The Kier molecular flexibility index (Phi) is 4.66. The Morgan fingerprint density at radius 3 is 2.85 bits per heavy atom. The highest BCUT2D eigenvalue weighted by atomic mass is 16.5. The number of benzene rings is 1. The quantitative estimate of drug-likeness (QED) is 0.645. The zero-order valence-corrected chi connectivity index (χ0v) is 15.5. The summed E-state index contributed by atoms with van der Waals surface area (Å²) in [5.74, 6) is 0.288. The van der Waals surface area contributed by atoms with Crippen LogP contribution in [0.2, 0.25) is 0 Å². The molecular formula is C21H22N2O4. The van der Waals surface area contributed by atoms with Crippen LogP contribution in [0.1, 0.15) is 30.7 Å². The fourth-order valence-electron chi connectivity index (χ4n) is 3.62. The van der Waals surface area contributed by atoms with Crippen molar-refractivity contribution >= 4 is 33.4 Å². The van der Waals surface area contributed by atoms with Gasteiger partial charge in [0, 0.05) is 41.3 Å². The van der Waals surface area contributed by atoms with Crippen molar-refractivity contribution in [3.63, 3.8) is 0 Å². The smallest absolute Gasteiger partial charge is 0.213 e. The number of likely N-dealkylation sites (N-methyl/N-ethyl adjacent to an activating group) is 1. The minimum absolute atomic E-state index is 0.0181. The largest absolute Gasteiger partial charge is 0.476 e. The van der Waals surface area contributed by atoms with Gasteiger partial charge in [-0.1, -0.05) is 0 Å². The Morgan fingerprint density at radius 2 is 2.07 bits per heavy atom. The first-order chi connectivity index (χ1) is 13.0. The first-order valence-corrected chi connectivity index (χ1v) is 9.16. The van der Waals surface area contributed by atoms with Crippen LogP contribution in [0.3, 0.4) is 0 Å². The van der Waals surface area contributed by atoms with E-state index in [2.05, 4.69) is 4.98 Å². The average molecular weight is 366 g/mol. The maximum Gasteiger partial charge on any atom is 0.213 e. The number of nitrogens with zero attached hydrogens (tertiary/aromatic N) is 2.